The molecule has 0 nitrogen and oxygen atoms in total. The lowest BCUT2D eigenvalue weighted by molar-refractivity contribution is -0.289. The Morgan fingerprint density at radius 3 is 2.27 bits per heavy atom. The van der Waals surface area contributed by atoms with Gasteiger partial charge in [0.25, 0.3) is 0 Å². The van der Waals surface area contributed by atoms with Gasteiger partial charge in [-0.3, -0.25) is 0 Å². The quantitative estimate of drug-likeness (QED) is 0.307. The summed E-state index contributed by atoms with van der Waals surface area (Å²) >= 11 is 10.9. The molecule has 0 fully saturated rings. The Labute approximate surface area is 149 Å². The summed E-state index contributed by atoms with van der Waals surface area (Å²) < 4.78 is 66.5. The first-order chi connectivity index (χ1) is 10.0. The predicted molar refractivity (Wildman–Crippen MR) is 86.1 cm³/mol. The maximum absolute atomic E-state index is 13.8. The van der Waals surface area contributed by atoms with Crippen LogP contribution in [0.2, 0.25) is 5.02 Å². The number of alkyl halides is 5. The molecule has 22 heavy (non-hydrogen) atoms. The van der Waals surface area contributed by atoms with Crippen LogP contribution in [0.4, 0.5) is 22.0 Å². The zero-order valence-corrected chi connectivity index (χ0v) is 14.9. The van der Waals surface area contributed by atoms with E-state index in [2.05, 4.69) is 22.0 Å². The van der Waals surface area contributed by atoms with Crippen molar-refractivity contribution in [3.05, 3.63) is 55.0 Å². The maximum atomic E-state index is 13.8. The van der Waals surface area contributed by atoms with Crippen molar-refractivity contribution in [3.8, 4) is 11.1 Å². The van der Waals surface area contributed by atoms with E-state index in [4.69, 9.17) is 11.6 Å². The molecule has 0 amide bonds. The van der Waals surface area contributed by atoms with Gasteiger partial charge in [0, 0.05) is 24.2 Å². The van der Waals surface area contributed by atoms with Crippen LogP contribution in [-0.2, 0) is 5.92 Å². The van der Waals surface area contributed by atoms with Gasteiger partial charge < -0.3 is 0 Å². The van der Waals surface area contributed by atoms with Crippen LogP contribution in [0.3, 0.4) is 0 Å². The molecular weight excluding hydrogens is 505 g/mol. The molecule has 0 aromatic heterocycles. The molecule has 0 aliphatic carbocycles. The fraction of sp³-hybridized carbons (Fsp3) is 0.143. The zero-order valence-electron chi connectivity index (χ0n) is 10.4. The highest BCUT2D eigenvalue weighted by molar-refractivity contribution is 14.1. The van der Waals surface area contributed by atoms with Crippen molar-refractivity contribution in [2.45, 2.75) is 12.1 Å². The first-order valence-corrected chi connectivity index (χ1v) is 7.90. The minimum Gasteiger partial charge on any atom is -0.191 e. The van der Waals surface area contributed by atoms with Crippen molar-refractivity contribution in [2.24, 2.45) is 0 Å². The van der Waals surface area contributed by atoms with E-state index in [1.54, 1.807) is 6.07 Å². The van der Waals surface area contributed by atoms with Crippen molar-refractivity contribution in [1.82, 2.24) is 0 Å². The Hall–Kier alpha value is -0.410. The fourth-order valence-electron chi connectivity index (χ4n) is 1.80. The summed E-state index contributed by atoms with van der Waals surface area (Å²) in [6, 6.07) is 8.60. The summed E-state index contributed by atoms with van der Waals surface area (Å²) in [4.78, 5) is 0. The van der Waals surface area contributed by atoms with E-state index >= 15 is 0 Å². The van der Waals surface area contributed by atoms with Crippen LogP contribution in [-0.4, -0.2) is 6.18 Å². The third kappa shape index (κ3) is 3.41. The fourth-order valence-corrected chi connectivity index (χ4v) is 2.86. The highest BCUT2D eigenvalue weighted by atomic mass is 127. The molecule has 0 heterocycles. The van der Waals surface area contributed by atoms with Crippen molar-refractivity contribution in [3.63, 3.8) is 0 Å². The van der Waals surface area contributed by atoms with Gasteiger partial charge in [-0.15, -0.1) is 0 Å². The van der Waals surface area contributed by atoms with E-state index in [1.165, 1.54) is 12.1 Å². The lowest BCUT2D eigenvalue weighted by Gasteiger charge is -2.23. The first-order valence-electron chi connectivity index (χ1n) is 5.65. The summed E-state index contributed by atoms with van der Waals surface area (Å²) in [5.41, 5.74) is -1.38. The molecule has 2 rings (SSSR count). The number of rotatable bonds is 2. The topological polar surface area (TPSA) is 0 Å². The number of hydrogen-bond acceptors (Lipinski definition) is 0. The largest absolute Gasteiger partial charge is 0.458 e. The maximum Gasteiger partial charge on any atom is 0.458 e. The van der Waals surface area contributed by atoms with Crippen LogP contribution in [0.5, 0.6) is 0 Å². The van der Waals surface area contributed by atoms with Crippen LogP contribution in [0, 0.1) is 9.64 Å². The minimum absolute atomic E-state index is 0.0812. The third-order valence-corrected chi connectivity index (χ3v) is 4.29. The van der Waals surface area contributed by atoms with Crippen LogP contribution in [0.25, 0.3) is 11.1 Å². The standard InChI is InChI=1S/C14H5BrClF5I/c15-7-1-3-11(13(17,18)14(19,20)21)9(5-7)10-6-8(22)2-4-12(10)16/h2-6H. The molecule has 117 valence electrons. The van der Waals surface area contributed by atoms with Crippen LogP contribution in [0.15, 0.2) is 34.8 Å². The van der Waals surface area contributed by atoms with Gasteiger partial charge in [0.05, 0.1) is 0 Å². The van der Waals surface area contributed by atoms with Crippen molar-refractivity contribution in [2.75, 3.05) is 0 Å². The van der Waals surface area contributed by atoms with Gasteiger partial charge in [-0.2, -0.15) is 22.0 Å². The average molecular weight is 510 g/mol. The molecule has 0 saturated carbocycles. The normalized spacial score (nSPS) is 12.5. The minimum atomic E-state index is -5.71. The van der Waals surface area contributed by atoms with E-state index < -0.39 is 17.7 Å². The molecule has 0 atom stereocenters. The van der Waals surface area contributed by atoms with E-state index in [1.807, 2.05) is 22.6 Å². The number of hydrogen-bond donors (Lipinski definition) is 0. The molecule has 0 saturated heterocycles. The van der Waals surface area contributed by atoms with Crippen molar-refractivity contribution in [1.29, 1.82) is 0 Å². The molecule has 0 bridgehead atoms. The molecular formula is C14H5BrClF5I. The van der Waals surface area contributed by atoms with E-state index in [9.17, 15) is 22.0 Å². The van der Waals surface area contributed by atoms with Crippen molar-refractivity contribution < 1.29 is 22.0 Å². The zero-order chi connectivity index (χ0) is 16.7. The van der Waals surface area contributed by atoms with Gasteiger partial charge in [-0.1, -0.05) is 27.5 Å². The summed E-state index contributed by atoms with van der Waals surface area (Å²) in [6.07, 6.45) is -5.71. The van der Waals surface area contributed by atoms with Gasteiger partial charge in [0.2, 0.25) is 0 Å². The second-order valence-corrected chi connectivity index (χ2v) is 6.81. The summed E-state index contributed by atoms with van der Waals surface area (Å²) in [6.45, 7) is 0. The molecule has 0 unspecified atom stereocenters. The summed E-state index contributed by atoms with van der Waals surface area (Å²) in [7, 11) is 0. The van der Waals surface area contributed by atoms with Gasteiger partial charge >= 0.3 is 12.1 Å². The highest BCUT2D eigenvalue weighted by Gasteiger charge is 2.59. The molecule has 1 radical (unpaired) electrons. The average Bonchev–Trinajstić information content (AvgIpc) is 2.40. The highest BCUT2D eigenvalue weighted by Crippen LogP contribution is 2.48. The molecule has 2 aromatic carbocycles. The Morgan fingerprint density at radius 2 is 1.68 bits per heavy atom. The third-order valence-electron chi connectivity index (χ3n) is 2.83. The summed E-state index contributed by atoms with van der Waals surface area (Å²) in [5.74, 6) is -5.01. The number of halogens is 8. The van der Waals surface area contributed by atoms with E-state index in [0.717, 1.165) is 6.07 Å². The Balaban J connectivity index is 2.77. The lowest BCUT2D eigenvalue weighted by atomic mass is 9.95. The molecule has 0 N–H and O–H groups in total. The SMILES string of the molecule is FC(F)(F)C(F)(F)c1c[c]c(Br)cc1-c1cc(I)ccc1Cl. The van der Waals surface area contributed by atoms with Gasteiger partial charge in [0.1, 0.15) is 0 Å². The van der Waals surface area contributed by atoms with E-state index in [0.29, 0.717) is 9.64 Å². The van der Waals surface area contributed by atoms with E-state index in [-0.39, 0.29) is 20.6 Å². The predicted octanol–water partition coefficient (Wildman–Crippen LogP) is 6.83. The monoisotopic (exact) mass is 509 g/mol. The van der Waals surface area contributed by atoms with Gasteiger partial charge in [-0.05, 0) is 64.6 Å². The lowest BCUT2D eigenvalue weighted by Crippen LogP contribution is -2.34. The first kappa shape index (κ1) is 17.9. The van der Waals surface area contributed by atoms with Crippen LogP contribution < -0.4 is 0 Å². The molecule has 0 aliphatic rings. The molecule has 8 heteroatoms. The Kier molecular flexibility index (Phi) is 5.09. The summed E-state index contributed by atoms with van der Waals surface area (Å²) in [5, 5.41) is 0.0812. The molecule has 0 spiro atoms. The second kappa shape index (κ2) is 6.24. The van der Waals surface area contributed by atoms with Crippen LogP contribution in [0.1, 0.15) is 5.56 Å². The number of benzene rings is 2. The molecule has 0 aliphatic heterocycles. The van der Waals surface area contributed by atoms with Gasteiger partial charge in [-0.25, -0.2) is 0 Å². The van der Waals surface area contributed by atoms with Crippen LogP contribution >= 0.6 is 50.1 Å². The molecule has 2 aromatic rings. The smallest absolute Gasteiger partial charge is 0.191 e. The Morgan fingerprint density at radius 1 is 1.05 bits per heavy atom. The van der Waals surface area contributed by atoms with Gasteiger partial charge in [0.15, 0.2) is 0 Å². The second-order valence-electron chi connectivity index (χ2n) is 4.30. The van der Waals surface area contributed by atoms with Crippen molar-refractivity contribution >= 4 is 50.1 Å². The Bertz CT molecular complexity index is 715.